The normalized spacial score (nSPS) is 11.5. The highest BCUT2D eigenvalue weighted by molar-refractivity contribution is 4.51. The van der Waals surface area contributed by atoms with Crippen molar-refractivity contribution in [3.8, 4) is 0 Å². The van der Waals surface area contributed by atoms with E-state index >= 15 is 0 Å². The fourth-order valence-corrected chi connectivity index (χ4v) is 0.731. The maximum absolute atomic E-state index is 11.5. The Bertz CT molecular complexity index is 76.5. The van der Waals surface area contributed by atoms with Crippen LogP contribution in [0.15, 0.2) is 0 Å². The van der Waals surface area contributed by atoms with Gasteiger partial charge < -0.3 is 10.2 Å². The van der Waals surface area contributed by atoms with Crippen molar-refractivity contribution in [2.45, 2.75) is 12.8 Å². The van der Waals surface area contributed by atoms with Gasteiger partial charge in [-0.3, -0.25) is 0 Å². The van der Waals surface area contributed by atoms with Gasteiger partial charge in [-0.25, -0.2) is 8.78 Å². The van der Waals surface area contributed by atoms with Crippen molar-refractivity contribution in [1.82, 2.24) is 10.2 Å². The van der Waals surface area contributed by atoms with E-state index in [1.807, 2.05) is 19.0 Å². The summed E-state index contributed by atoms with van der Waals surface area (Å²) in [5.41, 5.74) is 0. The molecule has 68 valence electrons. The van der Waals surface area contributed by atoms with Crippen molar-refractivity contribution in [2.75, 3.05) is 33.7 Å². The Labute approximate surface area is 66.6 Å². The van der Waals surface area contributed by atoms with Gasteiger partial charge in [-0.2, -0.15) is 0 Å². The average Bonchev–Trinajstić information content (AvgIpc) is 1.85. The van der Waals surface area contributed by atoms with Crippen molar-refractivity contribution in [2.24, 2.45) is 0 Å². The Balaban J connectivity index is 2.91. The highest BCUT2D eigenvalue weighted by Crippen LogP contribution is 1.88. The zero-order chi connectivity index (χ0) is 8.69. The fourth-order valence-electron chi connectivity index (χ4n) is 0.731. The van der Waals surface area contributed by atoms with Crippen molar-refractivity contribution in [3.63, 3.8) is 0 Å². The van der Waals surface area contributed by atoms with Gasteiger partial charge in [-0.05, 0) is 33.6 Å². The van der Waals surface area contributed by atoms with Gasteiger partial charge in [-0.1, -0.05) is 0 Å². The predicted molar refractivity (Wildman–Crippen MR) is 42.0 cm³/mol. The molecule has 0 aliphatic carbocycles. The summed E-state index contributed by atoms with van der Waals surface area (Å²) >= 11 is 0. The van der Waals surface area contributed by atoms with Gasteiger partial charge in [0.2, 0.25) is 0 Å². The largest absolute Gasteiger partial charge is 0.311 e. The number of rotatable bonds is 6. The fraction of sp³-hybridized carbons (Fsp3) is 1.00. The van der Waals surface area contributed by atoms with Crippen LogP contribution in [-0.4, -0.2) is 45.1 Å². The van der Waals surface area contributed by atoms with E-state index in [2.05, 4.69) is 5.32 Å². The van der Waals surface area contributed by atoms with E-state index in [1.54, 1.807) is 0 Å². The maximum Gasteiger partial charge on any atom is 0.250 e. The van der Waals surface area contributed by atoms with Gasteiger partial charge in [0.15, 0.2) is 0 Å². The van der Waals surface area contributed by atoms with Crippen LogP contribution in [0.3, 0.4) is 0 Å². The number of alkyl halides is 2. The van der Waals surface area contributed by atoms with Crippen LogP contribution in [0.2, 0.25) is 0 Å². The van der Waals surface area contributed by atoms with Crippen LogP contribution >= 0.6 is 0 Å². The minimum atomic E-state index is -2.23. The summed E-state index contributed by atoms with van der Waals surface area (Å²) in [7, 11) is 3.93. The number of hydrogen-bond donors (Lipinski definition) is 1. The molecular formula is C7H16F2N2. The van der Waals surface area contributed by atoms with E-state index < -0.39 is 6.43 Å². The Kier molecular flexibility index (Phi) is 6.36. The molecular weight excluding hydrogens is 150 g/mol. The van der Waals surface area contributed by atoms with Crippen LogP contribution in [0.1, 0.15) is 6.42 Å². The third-order valence-electron chi connectivity index (χ3n) is 1.26. The topological polar surface area (TPSA) is 15.3 Å². The van der Waals surface area contributed by atoms with Gasteiger partial charge in [-0.15, -0.1) is 0 Å². The third-order valence-corrected chi connectivity index (χ3v) is 1.26. The van der Waals surface area contributed by atoms with E-state index in [4.69, 9.17) is 0 Å². The minimum absolute atomic E-state index is 0.187. The molecule has 2 nitrogen and oxygen atoms in total. The van der Waals surface area contributed by atoms with Gasteiger partial charge in [0, 0.05) is 0 Å². The maximum atomic E-state index is 11.5. The standard InChI is InChI=1S/C7H16F2N2/c1-11(2)5-3-4-10-6-7(8)9/h7,10H,3-6H2,1-2H3. The van der Waals surface area contributed by atoms with E-state index in [-0.39, 0.29) is 6.54 Å². The third kappa shape index (κ3) is 9.78. The molecule has 0 unspecified atom stereocenters. The summed E-state index contributed by atoms with van der Waals surface area (Å²) in [6.07, 6.45) is -1.31. The molecule has 0 atom stereocenters. The Morgan fingerprint density at radius 1 is 1.36 bits per heavy atom. The van der Waals surface area contributed by atoms with Crippen LogP contribution in [0, 0.1) is 0 Å². The molecule has 0 aromatic carbocycles. The molecule has 0 radical (unpaired) electrons. The zero-order valence-corrected chi connectivity index (χ0v) is 7.11. The quantitative estimate of drug-likeness (QED) is 0.587. The Morgan fingerprint density at radius 3 is 2.45 bits per heavy atom. The first-order valence-electron chi connectivity index (χ1n) is 3.76. The second kappa shape index (κ2) is 6.49. The van der Waals surface area contributed by atoms with Crippen molar-refractivity contribution < 1.29 is 8.78 Å². The van der Waals surface area contributed by atoms with Crippen molar-refractivity contribution in [1.29, 1.82) is 0 Å². The number of hydrogen-bond acceptors (Lipinski definition) is 2. The molecule has 0 spiro atoms. The van der Waals surface area contributed by atoms with Crippen LogP contribution in [0.25, 0.3) is 0 Å². The first-order chi connectivity index (χ1) is 5.13. The SMILES string of the molecule is CN(C)CCCNCC(F)F. The summed E-state index contributed by atoms with van der Waals surface area (Å²) in [6, 6.07) is 0. The van der Waals surface area contributed by atoms with Gasteiger partial charge in [0.1, 0.15) is 0 Å². The molecule has 0 bridgehead atoms. The Hall–Kier alpha value is -0.220. The molecule has 0 aliphatic heterocycles. The van der Waals surface area contributed by atoms with Crippen LogP contribution in [0.4, 0.5) is 8.78 Å². The second-order valence-corrected chi connectivity index (χ2v) is 2.75. The molecule has 0 saturated carbocycles. The molecule has 0 heterocycles. The van der Waals surface area contributed by atoms with Crippen molar-refractivity contribution >= 4 is 0 Å². The summed E-state index contributed by atoms with van der Waals surface area (Å²) in [4.78, 5) is 2.03. The molecule has 0 saturated heterocycles. The summed E-state index contributed by atoms with van der Waals surface area (Å²) in [6.45, 7) is 1.42. The molecule has 4 heteroatoms. The number of nitrogens with zero attached hydrogens (tertiary/aromatic N) is 1. The van der Waals surface area contributed by atoms with Crippen LogP contribution in [-0.2, 0) is 0 Å². The zero-order valence-electron chi connectivity index (χ0n) is 7.11. The van der Waals surface area contributed by atoms with E-state index in [1.165, 1.54) is 0 Å². The van der Waals surface area contributed by atoms with E-state index in [0.29, 0.717) is 6.54 Å². The second-order valence-electron chi connectivity index (χ2n) is 2.75. The Morgan fingerprint density at radius 2 is 2.00 bits per heavy atom. The first kappa shape index (κ1) is 10.8. The first-order valence-corrected chi connectivity index (χ1v) is 3.76. The molecule has 0 fully saturated rings. The lowest BCUT2D eigenvalue weighted by molar-refractivity contribution is 0.146. The smallest absolute Gasteiger partial charge is 0.250 e. The van der Waals surface area contributed by atoms with Crippen LogP contribution in [0.5, 0.6) is 0 Å². The van der Waals surface area contributed by atoms with Gasteiger partial charge in [0.05, 0.1) is 6.54 Å². The van der Waals surface area contributed by atoms with Crippen molar-refractivity contribution in [3.05, 3.63) is 0 Å². The molecule has 0 aliphatic rings. The number of halogens is 2. The average molecular weight is 166 g/mol. The van der Waals surface area contributed by atoms with E-state index in [0.717, 1.165) is 13.0 Å². The molecule has 0 aromatic heterocycles. The van der Waals surface area contributed by atoms with Crippen LogP contribution < -0.4 is 5.32 Å². The molecule has 0 amide bonds. The van der Waals surface area contributed by atoms with Gasteiger partial charge >= 0.3 is 0 Å². The predicted octanol–water partition coefficient (Wildman–Crippen LogP) is 0.793. The number of nitrogens with one attached hydrogen (secondary N) is 1. The summed E-state index contributed by atoms with van der Waals surface area (Å²) in [5.74, 6) is 0. The molecule has 0 rings (SSSR count). The monoisotopic (exact) mass is 166 g/mol. The molecule has 0 aromatic rings. The molecule has 1 N–H and O–H groups in total. The van der Waals surface area contributed by atoms with Gasteiger partial charge in [0.25, 0.3) is 6.43 Å². The summed E-state index contributed by atoms with van der Waals surface area (Å²) < 4.78 is 23.1. The minimum Gasteiger partial charge on any atom is -0.311 e. The highest BCUT2D eigenvalue weighted by Gasteiger charge is 1.99. The lowest BCUT2D eigenvalue weighted by Crippen LogP contribution is -2.25. The lowest BCUT2D eigenvalue weighted by atomic mass is 10.4. The highest BCUT2D eigenvalue weighted by atomic mass is 19.3. The summed E-state index contributed by atoms with van der Waals surface area (Å²) in [5, 5.41) is 2.66. The lowest BCUT2D eigenvalue weighted by Gasteiger charge is -2.09. The molecule has 11 heavy (non-hydrogen) atoms. The van der Waals surface area contributed by atoms with E-state index in [9.17, 15) is 8.78 Å².